The average Bonchev–Trinajstić information content (AvgIpc) is 2.87. The fourth-order valence-electron chi connectivity index (χ4n) is 2.76. The summed E-state index contributed by atoms with van der Waals surface area (Å²) in [5, 5.41) is 11.7. The molecule has 0 aliphatic carbocycles. The third kappa shape index (κ3) is 2.19. The molecule has 1 saturated heterocycles. The largest absolute Gasteiger partial charge is 0.396 e. The maximum absolute atomic E-state index is 9.82. The molecule has 3 nitrogen and oxygen atoms in total. The number of para-hydroxylation sites is 1. The van der Waals surface area contributed by atoms with Crippen molar-refractivity contribution < 1.29 is 9.94 Å². The Labute approximate surface area is 119 Å². The van der Waals surface area contributed by atoms with Crippen molar-refractivity contribution in [2.45, 2.75) is 13.0 Å². The van der Waals surface area contributed by atoms with Gasteiger partial charge in [0, 0.05) is 5.41 Å². The third-order valence-electron chi connectivity index (χ3n) is 3.92. The molecule has 3 heteroatoms. The van der Waals surface area contributed by atoms with E-state index in [1.807, 2.05) is 53.6 Å². The number of anilines is 1. The van der Waals surface area contributed by atoms with Gasteiger partial charge in [-0.3, -0.25) is 4.84 Å². The van der Waals surface area contributed by atoms with Gasteiger partial charge in [0.2, 0.25) is 0 Å². The zero-order valence-corrected chi connectivity index (χ0v) is 11.6. The molecule has 0 bridgehead atoms. The van der Waals surface area contributed by atoms with Crippen LogP contribution in [0.2, 0.25) is 0 Å². The van der Waals surface area contributed by atoms with Gasteiger partial charge in [0.05, 0.1) is 24.9 Å². The van der Waals surface area contributed by atoms with Crippen LogP contribution in [0, 0.1) is 5.41 Å². The van der Waals surface area contributed by atoms with Crippen LogP contribution in [0.4, 0.5) is 5.69 Å². The van der Waals surface area contributed by atoms with Gasteiger partial charge in [-0.1, -0.05) is 55.5 Å². The van der Waals surface area contributed by atoms with Crippen LogP contribution in [0.25, 0.3) is 0 Å². The molecule has 1 N–H and O–H groups in total. The van der Waals surface area contributed by atoms with Gasteiger partial charge in [-0.05, 0) is 17.7 Å². The van der Waals surface area contributed by atoms with E-state index in [4.69, 9.17) is 4.84 Å². The van der Waals surface area contributed by atoms with Gasteiger partial charge < -0.3 is 5.11 Å². The molecular weight excluding hydrogens is 250 g/mol. The quantitative estimate of drug-likeness (QED) is 0.929. The molecule has 1 fully saturated rings. The zero-order valence-electron chi connectivity index (χ0n) is 11.6. The monoisotopic (exact) mass is 269 g/mol. The minimum absolute atomic E-state index is 0.0103. The Hall–Kier alpha value is -1.84. The van der Waals surface area contributed by atoms with E-state index < -0.39 is 0 Å². The van der Waals surface area contributed by atoms with Gasteiger partial charge in [0.1, 0.15) is 0 Å². The highest BCUT2D eigenvalue weighted by atomic mass is 16.7. The third-order valence-corrected chi connectivity index (χ3v) is 3.92. The van der Waals surface area contributed by atoms with Crippen molar-refractivity contribution >= 4 is 5.69 Å². The van der Waals surface area contributed by atoms with E-state index in [-0.39, 0.29) is 18.1 Å². The van der Waals surface area contributed by atoms with Crippen molar-refractivity contribution in [3.63, 3.8) is 0 Å². The predicted octanol–water partition coefficient (Wildman–Crippen LogP) is 3.18. The fourth-order valence-corrected chi connectivity index (χ4v) is 2.76. The summed E-state index contributed by atoms with van der Waals surface area (Å²) in [4.78, 5) is 5.89. The molecule has 2 atom stereocenters. The zero-order chi connectivity index (χ0) is 14.0. The van der Waals surface area contributed by atoms with E-state index in [1.54, 1.807) is 0 Å². The first-order valence-corrected chi connectivity index (χ1v) is 6.88. The molecule has 1 aliphatic rings. The van der Waals surface area contributed by atoms with Crippen LogP contribution in [-0.2, 0) is 4.84 Å². The highest BCUT2D eigenvalue weighted by Gasteiger charge is 2.46. The molecule has 3 rings (SSSR count). The molecule has 0 aromatic heterocycles. The molecule has 0 spiro atoms. The summed E-state index contributed by atoms with van der Waals surface area (Å²) in [5.41, 5.74) is 1.86. The summed E-state index contributed by atoms with van der Waals surface area (Å²) in [6.45, 7) is 2.67. The van der Waals surface area contributed by atoms with Crippen LogP contribution < -0.4 is 5.06 Å². The van der Waals surface area contributed by atoms with Crippen LogP contribution in [0.3, 0.4) is 0 Å². The Bertz CT molecular complexity index is 558. The Kier molecular flexibility index (Phi) is 3.47. The SMILES string of the molecule is C[C@@]1(CO)CON(c2ccccc2)[C@H]1c1ccccc1. The maximum atomic E-state index is 9.82. The highest BCUT2D eigenvalue weighted by molar-refractivity contribution is 5.48. The van der Waals surface area contributed by atoms with E-state index in [9.17, 15) is 5.11 Å². The topological polar surface area (TPSA) is 32.7 Å². The van der Waals surface area contributed by atoms with Crippen LogP contribution in [0.5, 0.6) is 0 Å². The lowest BCUT2D eigenvalue weighted by Crippen LogP contribution is -2.33. The molecule has 20 heavy (non-hydrogen) atoms. The first kappa shape index (κ1) is 13.2. The first-order chi connectivity index (χ1) is 9.74. The van der Waals surface area contributed by atoms with Crippen molar-refractivity contribution in [1.82, 2.24) is 0 Å². The Morgan fingerprint density at radius 1 is 1.10 bits per heavy atom. The lowest BCUT2D eigenvalue weighted by molar-refractivity contribution is 0.0975. The number of rotatable bonds is 3. The van der Waals surface area contributed by atoms with Gasteiger partial charge in [-0.25, -0.2) is 5.06 Å². The average molecular weight is 269 g/mol. The van der Waals surface area contributed by atoms with Crippen molar-refractivity contribution in [3.8, 4) is 0 Å². The summed E-state index contributed by atoms with van der Waals surface area (Å²) in [6.07, 6.45) is 0. The highest BCUT2D eigenvalue weighted by Crippen LogP contribution is 2.46. The van der Waals surface area contributed by atoms with Crippen molar-refractivity contribution in [1.29, 1.82) is 0 Å². The Morgan fingerprint density at radius 2 is 1.70 bits per heavy atom. The Balaban J connectivity index is 2.03. The molecule has 104 valence electrons. The van der Waals surface area contributed by atoms with E-state index in [0.717, 1.165) is 11.3 Å². The molecule has 2 aromatic carbocycles. The molecular formula is C17H19NO2. The fraction of sp³-hybridized carbons (Fsp3) is 0.294. The van der Waals surface area contributed by atoms with Gasteiger partial charge in [0.15, 0.2) is 0 Å². The van der Waals surface area contributed by atoms with E-state index in [2.05, 4.69) is 19.1 Å². The van der Waals surface area contributed by atoms with Gasteiger partial charge in [0.25, 0.3) is 0 Å². The number of hydroxylamine groups is 1. The molecule has 0 saturated carbocycles. The smallest absolute Gasteiger partial charge is 0.0913 e. The van der Waals surface area contributed by atoms with Crippen molar-refractivity contribution in [2.75, 3.05) is 18.3 Å². The van der Waals surface area contributed by atoms with Crippen LogP contribution in [0.1, 0.15) is 18.5 Å². The predicted molar refractivity (Wildman–Crippen MR) is 79.2 cm³/mol. The summed E-state index contributed by atoms with van der Waals surface area (Å²) in [5.74, 6) is 0. The van der Waals surface area contributed by atoms with Crippen LogP contribution in [0.15, 0.2) is 60.7 Å². The van der Waals surface area contributed by atoms with E-state index >= 15 is 0 Å². The minimum atomic E-state index is -0.308. The standard InChI is InChI=1S/C17H19NO2/c1-17(12-19)13-20-18(15-10-6-3-7-11-15)16(17)14-8-4-2-5-9-14/h2-11,16,19H,12-13H2,1H3/t16-,17+/m0/s1. The molecule has 1 heterocycles. The number of hydrogen-bond donors (Lipinski definition) is 1. The maximum Gasteiger partial charge on any atom is 0.0913 e. The van der Waals surface area contributed by atoms with Crippen LogP contribution in [-0.4, -0.2) is 18.3 Å². The van der Waals surface area contributed by atoms with Gasteiger partial charge in [-0.15, -0.1) is 0 Å². The molecule has 2 aromatic rings. The first-order valence-electron chi connectivity index (χ1n) is 6.88. The summed E-state index contributed by atoms with van der Waals surface area (Å²) in [6, 6.07) is 20.3. The second kappa shape index (κ2) is 5.27. The van der Waals surface area contributed by atoms with E-state index in [0.29, 0.717) is 6.61 Å². The summed E-state index contributed by atoms with van der Waals surface area (Å²) < 4.78 is 0. The number of nitrogens with zero attached hydrogens (tertiary/aromatic N) is 1. The lowest BCUT2D eigenvalue weighted by Gasteiger charge is -2.32. The van der Waals surface area contributed by atoms with E-state index in [1.165, 1.54) is 0 Å². The number of benzene rings is 2. The summed E-state index contributed by atoms with van der Waals surface area (Å²) >= 11 is 0. The lowest BCUT2D eigenvalue weighted by atomic mass is 9.80. The van der Waals surface area contributed by atoms with Crippen molar-refractivity contribution in [3.05, 3.63) is 66.2 Å². The van der Waals surface area contributed by atoms with Gasteiger partial charge in [-0.2, -0.15) is 0 Å². The number of aliphatic hydroxyl groups excluding tert-OH is 1. The number of aliphatic hydroxyl groups is 1. The van der Waals surface area contributed by atoms with Gasteiger partial charge >= 0.3 is 0 Å². The molecule has 0 amide bonds. The molecule has 0 unspecified atom stereocenters. The second-order valence-electron chi connectivity index (χ2n) is 5.56. The molecule has 1 aliphatic heterocycles. The second-order valence-corrected chi connectivity index (χ2v) is 5.56. The normalized spacial score (nSPS) is 25.9. The number of hydrogen-bond acceptors (Lipinski definition) is 3. The summed E-state index contributed by atoms with van der Waals surface area (Å²) in [7, 11) is 0. The Morgan fingerprint density at radius 3 is 2.30 bits per heavy atom. The van der Waals surface area contributed by atoms with Crippen molar-refractivity contribution in [2.24, 2.45) is 5.41 Å². The van der Waals surface area contributed by atoms with Crippen LogP contribution >= 0.6 is 0 Å². The molecule has 0 radical (unpaired) electrons. The minimum Gasteiger partial charge on any atom is -0.396 e.